The van der Waals surface area contributed by atoms with Gasteiger partial charge >= 0.3 is 5.97 Å². The summed E-state index contributed by atoms with van der Waals surface area (Å²) in [6.07, 6.45) is 0.910. The van der Waals surface area contributed by atoms with Gasteiger partial charge in [-0.25, -0.2) is 4.79 Å². The molecule has 0 aliphatic heterocycles. The van der Waals surface area contributed by atoms with E-state index >= 15 is 0 Å². The van der Waals surface area contributed by atoms with E-state index in [1.165, 1.54) is 21.9 Å². The highest BCUT2D eigenvalue weighted by atomic mass is 16.6. The SMILES string of the molecule is C=C(C)C(=O)OC(C)(C)C1Cc2cccc3cccc1c23. The van der Waals surface area contributed by atoms with Crippen molar-refractivity contribution < 1.29 is 9.53 Å². The third-order valence-corrected chi connectivity index (χ3v) is 4.37. The van der Waals surface area contributed by atoms with E-state index in [0.717, 1.165) is 6.42 Å². The second-order valence-corrected chi connectivity index (χ2v) is 6.39. The summed E-state index contributed by atoms with van der Waals surface area (Å²) in [5, 5.41) is 2.58. The van der Waals surface area contributed by atoms with Crippen LogP contribution in [0.15, 0.2) is 48.6 Å². The summed E-state index contributed by atoms with van der Waals surface area (Å²) in [6.45, 7) is 9.33. The molecule has 108 valence electrons. The lowest BCUT2D eigenvalue weighted by Crippen LogP contribution is -2.35. The first kappa shape index (κ1) is 13.9. The summed E-state index contributed by atoms with van der Waals surface area (Å²) in [4.78, 5) is 11.9. The van der Waals surface area contributed by atoms with Gasteiger partial charge in [-0.2, -0.15) is 0 Å². The standard InChI is InChI=1S/C19H20O2/c1-12(2)18(20)21-19(3,4)16-11-14-9-5-7-13-8-6-10-15(16)17(13)14/h5-10,16H,1,11H2,2-4H3. The Hall–Kier alpha value is -2.09. The maximum atomic E-state index is 11.9. The molecule has 0 amide bonds. The zero-order valence-corrected chi connectivity index (χ0v) is 12.8. The van der Waals surface area contributed by atoms with Crippen LogP contribution in [0.25, 0.3) is 10.8 Å². The minimum absolute atomic E-state index is 0.182. The molecule has 2 heteroatoms. The molecule has 0 aromatic heterocycles. The third-order valence-electron chi connectivity index (χ3n) is 4.37. The van der Waals surface area contributed by atoms with Gasteiger partial charge in [0.05, 0.1) is 0 Å². The number of benzene rings is 2. The van der Waals surface area contributed by atoms with Crippen LogP contribution in [0, 0.1) is 0 Å². The molecule has 2 aromatic carbocycles. The first-order valence-electron chi connectivity index (χ1n) is 7.29. The van der Waals surface area contributed by atoms with Gasteiger partial charge in [-0.05, 0) is 49.1 Å². The Morgan fingerprint density at radius 1 is 1.24 bits per heavy atom. The molecule has 2 nitrogen and oxygen atoms in total. The molecule has 3 rings (SSSR count). The smallest absolute Gasteiger partial charge is 0.333 e. The van der Waals surface area contributed by atoms with E-state index in [0.29, 0.717) is 5.57 Å². The quantitative estimate of drug-likeness (QED) is 0.616. The van der Waals surface area contributed by atoms with Crippen LogP contribution in [-0.2, 0) is 16.0 Å². The fourth-order valence-electron chi connectivity index (χ4n) is 3.26. The minimum atomic E-state index is -0.552. The fourth-order valence-corrected chi connectivity index (χ4v) is 3.26. The lowest BCUT2D eigenvalue weighted by molar-refractivity contribution is -0.153. The van der Waals surface area contributed by atoms with Crippen LogP contribution in [0.3, 0.4) is 0 Å². The van der Waals surface area contributed by atoms with Crippen LogP contribution in [-0.4, -0.2) is 11.6 Å². The molecule has 0 heterocycles. The Labute approximate surface area is 125 Å². The number of hydrogen-bond acceptors (Lipinski definition) is 2. The van der Waals surface area contributed by atoms with E-state index in [1.54, 1.807) is 6.92 Å². The molecule has 0 N–H and O–H groups in total. The third kappa shape index (κ3) is 2.25. The molecule has 0 fully saturated rings. The van der Waals surface area contributed by atoms with Crippen molar-refractivity contribution in [2.24, 2.45) is 0 Å². The van der Waals surface area contributed by atoms with Crippen LogP contribution in [0.5, 0.6) is 0 Å². The van der Waals surface area contributed by atoms with E-state index in [4.69, 9.17) is 4.74 Å². The van der Waals surface area contributed by atoms with Crippen molar-refractivity contribution in [3.05, 3.63) is 59.7 Å². The van der Waals surface area contributed by atoms with Crippen molar-refractivity contribution in [3.63, 3.8) is 0 Å². The second-order valence-electron chi connectivity index (χ2n) is 6.39. The molecular weight excluding hydrogens is 260 g/mol. The van der Waals surface area contributed by atoms with Crippen molar-refractivity contribution >= 4 is 16.7 Å². The molecule has 1 atom stereocenters. The predicted molar refractivity (Wildman–Crippen MR) is 85.4 cm³/mol. The molecule has 0 saturated carbocycles. The van der Waals surface area contributed by atoms with Crippen LogP contribution < -0.4 is 0 Å². The van der Waals surface area contributed by atoms with Crippen LogP contribution in [0.1, 0.15) is 37.8 Å². The molecular formula is C19H20O2. The maximum absolute atomic E-state index is 11.9. The zero-order chi connectivity index (χ0) is 15.2. The van der Waals surface area contributed by atoms with E-state index in [-0.39, 0.29) is 11.9 Å². The maximum Gasteiger partial charge on any atom is 0.333 e. The van der Waals surface area contributed by atoms with Gasteiger partial charge in [0.25, 0.3) is 0 Å². The monoisotopic (exact) mass is 280 g/mol. The van der Waals surface area contributed by atoms with E-state index in [2.05, 4.69) is 43.0 Å². The molecule has 0 bridgehead atoms. The number of carbonyl (C=O) groups excluding carboxylic acids is 1. The molecule has 0 saturated heterocycles. The van der Waals surface area contributed by atoms with E-state index in [1.807, 2.05) is 13.8 Å². The predicted octanol–water partition coefficient (Wildman–Crippen LogP) is 4.38. The molecule has 1 aliphatic rings. The first-order valence-corrected chi connectivity index (χ1v) is 7.29. The summed E-state index contributed by atoms with van der Waals surface area (Å²) in [6, 6.07) is 12.8. The number of hydrogen-bond donors (Lipinski definition) is 0. The summed E-state index contributed by atoms with van der Waals surface area (Å²) in [5.74, 6) is -0.134. The van der Waals surface area contributed by atoms with Crippen molar-refractivity contribution in [2.75, 3.05) is 0 Å². The first-order chi connectivity index (χ1) is 9.90. The normalized spacial score (nSPS) is 17.0. The van der Waals surface area contributed by atoms with E-state index in [9.17, 15) is 4.79 Å². The Kier molecular flexibility index (Phi) is 3.12. The van der Waals surface area contributed by atoms with Crippen LogP contribution in [0.2, 0.25) is 0 Å². The molecule has 1 aliphatic carbocycles. The Morgan fingerprint density at radius 3 is 2.57 bits per heavy atom. The van der Waals surface area contributed by atoms with Crippen LogP contribution in [0.4, 0.5) is 0 Å². The van der Waals surface area contributed by atoms with Gasteiger partial charge < -0.3 is 4.74 Å². The van der Waals surface area contributed by atoms with E-state index < -0.39 is 5.60 Å². The summed E-state index contributed by atoms with van der Waals surface area (Å²) < 4.78 is 5.71. The summed E-state index contributed by atoms with van der Waals surface area (Å²) in [5.41, 5.74) is 2.51. The van der Waals surface area contributed by atoms with Crippen LogP contribution >= 0.6 is 0 Å². The minimum Gasteiger partial charge on any atom is -0.456 e. The highest BCUT2D eigenvalue weighted by Gasteiger charge is 2.39. The molecule has 0 radical (unpaired) electrons. The van der Waals surface area contributed by atoms with Crippen molar-refractivity contribution in [3.8, 4) is 0 Å². The zero-order valence-electron chi connectivity index (χ0n) is 12.8. The highest BCUT2D eigenvalue weighted by Crippen LogP contribution is 2.44. The molecule has 21 heavy (non-hydrogen) atoms. The number of ether oxygens (including phenoxy) is 1. The van der Waals surface area contributed by atoms with Gasteiger partial charge in [0.2, 0.25) is 0 Å². The van der Waals surface area contributed by atoms with Gasteiger partial charge in [0.15, 0.2) is 0 Å². The number of carbonyl (C=O) groups is 1. The Bertz CT molecular complexity index is 735. The van der Waals surface area contributed by atoms with Crippen molar-refractivity contribution in [1.29, 1.82) is 0 Å². The second kappa shape index (κ2) is 4.73. The van der Waals surface area contributed by atoms with Crippen molar-refractivity contribution in [2.45, 2.75) is 38.7 Å². The van der Waals surface area contributed by atoms with Gasteiger partial charge in [0, 0.05) is 11.5 Å². The van der Waals surface area contributed by atoms with Gasteiger partial charge in [-0.1, -0.05) is 43.0 Å². The lowest BCUT2D eigenvalue weighted by Gasteiger charge is -2.32. The number of rotatable bonds is 3. The number of esters is 1. The summed E-state index contributed by atoms with van der Waals surface area (Å²) >= 11 is 0. The Balaban J connectivity index is 2.02. The highest BCUT2D eigenvalue weighted by molar-refractivity contribution is 5.92. The topological polar surface area (TPSA) is 26.3 Å². The average molecular weight is 280 g/mol. The van der Waals surface area contributed by atoms with Crippen molar-refractivity contribution in [1.82, 2.24) is 0 Å². The lowest BCUT2D eigenvalue weighted by atomic mass is 9.85. The summed E-state index contributed by atoms with van der Waals surface area (Å²) in [7, 11) is 0. The molecule has 2 aromatic rings. The fraction of sp³-hybridized carbons (Fsp3) is 0.316. The average Bonchev–Trinajstić information content (AvgIpc) is 2.81. The van der Waals surface area contributed by atoms with Gasteiger partial charge in [-0.15, -0.1) is 0 Å². The van der Waals surface area contributed by atoms with Gasteiger partial charge in [-0.3, -0.25) is 0 Å². The molecule has 1 unspecified atom stereocenters. The molecule has 0 spiro atoms. The van der Waals surface area contributed by atoms with Gasteiger partial charge in [0.1, 0.15) is 5.60 Å². The Morgan fingerprint density at radius 2 is 1.90 bits per heavy atom. The largest absolute Gasteiger partial charge is 0.456 e.